The number of rotatable bonds is 6. The lowest BCUT2D eigenvalue weighted by Crippen LogP contribution is -2.15. The van der Waals surface area contributed by atoms with E-state index < -0.39 is 5.97 Å². The molecule has 0 radical (unpaired) electrons. The van der Waals surface area contributed by atoms with E-state index in [2.05, 4.69) is 4.99 Å². The van der Waals surface area contributed by atoms with E-state index in [-0.39, 0.29) is 18.4 Å². The van der Waals surface area contributed by atoms with Crippen molar-refractivity contribution in [2.24, 2.45) is 10.9 Å². The van der Waals surface area contributed by atoms with Crippen LogP contribution in [0, 0.1) is 5.92 Å². The average molecular weight is 185 g/mol. The van der Waals surface area contributed by atoms with Gasteiger partial charge in [0.25, 0.3) is 0 Å². The number of hydrogen-bond acceptors (Lipinski definition) is 3. The minimum Gasteiger partial charge on any atom is -0.481 e. The predicted molar refractivity (Wildman–Crippen MR) is 48.2 cm³/mol. The molecule has 0 saturated carbocycles. The van der Waals surface area contributed by atoms with Crippen molar-refractivity contribution in [2.45, 2.75) is 39.2 Å². The van der Waals surface area contributed by atoms with E-state index in [0.717, 1.165) is 6.42 Å². The van der Waals surface area contributed by atoms with Crippen molar-refractivity contribution < 1.29 is 14.7 Å². The summed E-state index contributed by atoms with van der Waals surface area (Å²) < 4.78 is 0. The number of carboxylic acids is 1. The molecule has 0 aromatic heterocycles. The highest BCUT2D eigenvalue weighted by Gasteiger charge is 2.15. The fourth-order valence-corrected chi connectivity index (χ4v) is 1.23. The summed E-state index contributed by atoms with van der Waals surface area (Å²) >= 11 is 0. The monoisotopic (exact) mass is 185 g/mol. The molecule has 13 heavy (non-hydrogen) atoms. The molecule has 2 atom stereocenters. The zero-order valence-corrected chi connectivity index (χ0v) is 7.99. The van der Waals surface area contributed by atoms with Crippen molar-refractivity contribution in [3.05, 3.63) is 0 Å². The van der Waals surface area contributed by atoms with Crippen LogP contribution in [0.25, 0.3) is 0 Å². The molecule has 0 spiro atoms. The number of aliphatic carboxylic acids is 1. The van der Waals surface area contributed by atoms with Crippen LogP contribution in [-0.2, 0) is 9.59 Å². The lowest BCUT2D eigenvalue weighted by molar-refractivity contribution is -0.137. The van der Waals surface area contributed by atoms with Crippen LogP contribution >= 0.6 is 0 Å². The third kappa shape index (κ3) is 5.15. The second-order valence-electron chi connectivity index (χ2n) is 3.11. The summed E-state index contributed by atoms with van der Waals surface area (Å²) in [5.74, 6) is -0.681. The molecule has 0 heterocycles. The highest BCUT2D eigenvalue weighted by Crippen LogP contribution is 2.16. The molecule has 0 aliphatic rings. The molecule has 4 nitrogen and oxygen atoms in total. The van der Waals surface area contributed by atoms with E-state index in [0.29, 0.717) is 6.42 Å². The second kappa shape index (κ2) is 6.38. The van der Waals surface area contributed by atoms with Gasteiger partial charge >= 0.3 is 5.97 Å². The first-order valence-electron chi connectivity index (χ1n) is 4.40. The number of carbonyl (C=O) groups excluding carboxylic acids is 1. The van der Waals surface area contributed by atoms with Crippen LogP contribution in [0.2, 0.25) is 0 Å². The summed E-state index contributed by atoms with van der Waals surface area (Å²) in [6.07, 6.45) is 2.95. The molecular weight excluding hydrogens is 170 g/mol. The highest BCUT2D eigenvalue weighted by molar-refractivity contribution is 5.66. The molecule has 0 saturated heterocycles. The largest absolute Gasteiger partial charge is 0.481 e. The first-order chi connectivity index (χ1) is 6.11. The van der Waals surface area contributed by atoms with E-state index >= 15 is 0 Å². The van der Waals surface area contributed by atoms with Crippen LogP contribution in [0.4, 0.5) is 0 Å². The Labute approximate surface area is 77.7 Å². The normalized spacial score (nSPS) is 14.3. The Bertz CT molecular complexity index is 209. The van der Waals surface area contributed by atoms with Crippen LogP contribution in [0.15, 0.2) is 4.99 Å². The first-order valence-corrected chi connectivity index (χ1v) is 4.40. The smallest absolute Gasteiger partial charge is 0.303 e. The standard InChI is InChI=1S/C9H15NO3/c1-3-8(10-6-11)7(2)4-5-9(12)13/h7-8H,3-5H2,1-2H3,(H,12,13). The van der Waals surface area contributed by atoms with Crippen LogP contribution < -0.4 is 0 Å². The number of isocyanates is 1. The minimum absolute atomic E-state index is 0.0863. The fraction of sp³-hybridized carbons (Fsp3) is 0.778. The number of nitrogens with zero attached hydrogens (tertiary/aromatic N) is 1. The maximum Gasteiger partial charge on any atom is 0.303 e. The number of aliphatic imine (C=N–C) groups is 1. The van der Waals surface area contributed by atoms with Crippen molar-refractivity contribution in [1.29, 1.82) is 0 Å². The Hall–Kier alpha value is -1.15. The molecule has 0 bridgehead atoms. The fourth-order valence-electron chi connectivity index (χ4n) is 1.23. The zero-order chi connectivity index (χ0) is 10.3. The van der Waals surface area contributed by atoms with E-state index in [9.17, 15) is 9.59 Å². The minimum atomic E-state index is -0.809. The van der Waals surface area contributed by atoms with Gasteiger partial charge in [0.15, 0.2) is 0 Å². The van der Waals surface area contributed by atoms with E-state index in [1.165, 1.54) is 6.08 Å². The van der Waals surface area contributed by atoms with Gasteiger partial charge in [-0.1, -0.05) is 13.8 Å². The highest BCUT2D eigenvalue weighted by atomic mass is 16.4. The molecule has 0 aromatic carbocycles. The molecular formula is C9H15NO3. The summed E-state index contributed by atoms with van der Waals surface area (Å²) in [7, 11) is 0. The van der Waals surface area contributed by atoms with Crippen LogP contribution in [0.3, 0.4) is 0 Å². The maximum atomic E-state index is 10.3. The SMILES string of the molecule is CCC(N=C=O)C(C)CCC(=O)O. The van der Waals surface area contributed by atoms with Gasteiger partial charge in [0.2, 0.25) is 6.08 Å². The van der Waals surface area contributed by atoms with E-state index in [1.54, 1.807) is 0 Å². The van der Waals surface area contributed by atoms with Crippen molar-refractivity contribution in [2.75, 3.05) is 0 Å². The van der Waals surface area contributed by atoms with Crippen LogP contribution in [0.5, 0.6) is 0 Å². The van der Waals surface area contributed by atoms with Gasteiger partial charge in [-0.25, -0.2) is 9.79 Å². The molecule has 0 amide bonds. The molecule has 1 N–H and O–H groups in total. The third-order valence-corrected chi connectivity index (χ3v) is 2.11. The van der Waals surface area contributed by atoms with Gasteiger partial charge in [0.05, 0.1) is 6.04 Å². The van der Waals surface area contributed by atoms with Crippen molar-refractivity contribution >= 4 is 12.0 Å². The van der Waals surface area contributed by atoms with Crippen LogP contribution in [0.1, 0.15) is 33.1 Å². The molecule has 0 aliphatic heterocycles. The van der Waals surface area contributed by atoms with Gasteiger partial charge < -0.3 is 5.11 Å². The van der Waals surface area contributed by atoms with Crippen molar-refractivity contribution in [1.82, 2.24) is 0 Å². The Kier molecular flexibility index (Phi) is 5.81. The van der Waals surface area contributed by atoms with Crippen LogP contribution in [-0.4, -0.2) is 23.2 Å². The first kappa shape index (κ1) is 11.8. The summed E-state index contributed by atoms with van der Waals surface area (Å²) in [5.41, 5.74) is 0. The van der Waals surface area contributed by atoms with Gasteiger partial charge in [-0.05, 0) is 18.8 Å². The molecule has 0 aromatic rings. The summed E-state index contributed by atoms with van der Waals surface area (Å²) in [5, 5.41) is 8.44. The predicted octanol–water partition coefficient (Wildman–Crippen LogP) is 1.60. The average Bonchev–Trinajstić information content (AvgIpc) is 2.10. The van der Waals surface area contributed by atoms with Crippen molar-refractivity contribution in [3.8, 4) is 0 Å². The number of hydrogen-bond donors (Lipinski definition) is 1. The van der Waals surface area contributed by atoms with Gasteiger partial charge in [0.1, 0.15) is 0 Å². The quantitative estimate of drug-likeness (QED) is 0.505. The molecule has 0 fully saturated rings. The Morgan fingerprint density at radius 2 is 2.23 bits per heavy atom. The van der Waals surface area contributed by atoms with E-state index in [4.69, 9.17) is 5.11 Å². The second-order valence-corrected chi connectivity index (χ2v) is 3.11. The summed E-state index contributed by atoms with van der Waals surface area (Å²) in [6.45, 7) is 3.82. The zero-order valence-electron chi connectivity index (χ0n) is 7.99. The topological polar surface area (TPSA) is 66.7 Å². The van der Waals surface area contributed by atoms with Gasteiger partial charge in [-0.2, -0.15) is 0 Å². The lowest BCUT2D eigenvalue weighted by atomic mass is 9.95. The summed E-state index contributed by atoms with van der Waals surface area (Å²) in [4.78, 5) is 23.9. The molecule has 0 rings (SSSR count). The molecule has 74 valence electrons. The molecule has 0 aliphatic carbocycles. The third-order valence-electron chi connectivity index (χ3n) is 2.11. The Morgan fingerprint density at radius 1 is 1.62 bits per heavy atom. The Morgan fingerprint density at radius 3 is 2.62 bits per heavy atom. The van der Waals surface area contributed by atoms with Gasteiger partial charge in [0, 0.05) is 6.42 Å². The number of carboxylic acid groups (broad SMARTS) is 1. The molecule has 4 heteroatoms. The molecule has 2 unspecified atom stereocenters. The Balaban J connectivity index is 3.97. The summed E-state index contributed by atoms with van der Waals surface area (Å²) in [6, 6.07) is -0.0863. The number of carbonyl (C=O) groups is 1. The maximum absolute atomic E-state index is 10.3. The van der Waals surface area contributed by atoms with Crippen molar-refractivity contribution in [3.63, 3.8) is 0 Å². The van der Waals surface area contributed by atoms with Gasteiger partial charge in [-0.15, -0.1) is 0 Å². The lowest BCUT2D eigenvalue weighted by Gasteiger charge is -2.15. The van der Waals surface area contributed by atoms with Gasteiger partial charge in [-0.3, -0.25) is 4.79 Å². The van der Waals surface area contributed by atoms with E-state index in [1.807, 2.05) is 13.8 Å².